The van der Waals surface area contributed by atoms with Gasteiger partial charge in [-0.1, -0.05) is 31.5 Å². The number of halogens is 1. The standard InChI is InChI=1S/C9H17ClO/c1-8(2)7-9(11)5-3-4-6-10/h4,6,8-9,11H,3,5,7H2,1-2H3/b6-4+. The van der Waals surface area contributed by atoms with E-state index in [4.69, 9.17) is 11.6 Å². The topological polar surface area (TPSA) is 20.2 Å². The Labute approximate surface area is 74.1 Å². The van der Waals surface area contributed by atoms with E-state index in [-0.39, 0.29) is 6.10 Å². The van der Waals surface area contributed by atoms with E-state index in [1.807, 2.05) is 6.08 Å². The van der Waals surface area contributed by atoms with Crippen LogP contribution in [0.2, 0.25) is 0 Å². The fourth-order valence-corrected chi connectivity index (χ4v) is 1.14. The van der Waals surface area contributed by atoms with Crippen LogP contribution in [0, 0.1) is 5.92 Å². The van der Waals surface area contributed by atoms with Crippen molar-refractivity contribution in [1.82, 2.24) is 0 Å². The molecule has 0 aliphatic rings. The Morgan fingerprint density at radius 1 is 1.45 bits per heavy atom. The normalized spacial score (nSPS) is 14.6. The second-order valence-corrected chi connectivity index (χ2v) is 3.47. The molecule has 0 fully saturated rings. The third-order valence-corrected chi connectivity index (χ3v) is 1.68. The van der Waals surface area contributed by atoms with Crippen LogP contribution < -0.4 is 0 Å². The molecule has 0 bridgehead atoms. The first-order valence-corrected chi connectivity index (χ1v) is 4.53. The molecule has 66 valence electrons. The van der Waals surface area contributed by atoms with Gasteiger partial charge in [0.25, 0.3) is 0 Å². The van der Waals surface area contributed by atoms with E-state index in [1.54, 1.807) is 0 Å². The van der Waals surface area contributed by atoms with Crippen molar-refractivity contribution in [2.45, 2.75) is 39.2 Å². The molecule has 1 unspecified atom stereocenters. The molecular formula is C9H17ClO. The number of allylic oxidation sites excluding steroid dienone is 1. The third kappa shape index (κ3) is 7.89. The van der Waals surface area contributed by atoms with Crippen LogP contribution in [-0.4, -0.2) is 11.2 Å². The minimum absolute atomic E-state index is 0.164. The lowest BCUT2D eigenvalue weighted by atomic mass is 10.0. The largest absolute Gasteiger partial charge is 0.393 e. The van der Waals surface area contributed by atoms with Gasteiger partial charge in [0, 0.05) is 5.54 Å². The predicted octanol–water partition coefficient (Wildman–Crippen LogP) is 2.93. The summed E-state index contributed by atoms with van der Waals surface area (Å²) in [5.41, 5.74) is 1.50. The maximum atomic E-state index is 9.37. The van der Waals surface area contributed by atoms with Crippen LogP contribution in [0.25, 0.3) is 0 Å². The summed E-state index contributed by atoms with van der Waals surface area (Å²) in [5.74, 6) is 0.574. The zero-order chi connectivity index (χ0) is 8.69. The molecular weight excluding hydrogens is 160 g/mol. The smallest absolute Gasteiger partial charge is 0.0545 e. The van der Waals surface area contributed by atoms with Gasteiger partial charge in [0.05, 0.1) is 6.10 Å². The second kappa shape index (κ2) is 6.68. The first kappa shape index (κ1) is 11.0. The molecule has 0 aliphatic carbocycles. The maximum Gasteiger partial charge on any atom is 0.0545 e. The van der Waals surface area contributed by atoms with E-state index in [0.29, 0.717) is 5.92 Å². The molecule has 0 radical (unpaired) electrons. The summed E-state index contributed by atoms with van der Waals surface area (Å²) in [6, 6.07) is 0. The van der Waals surface area contributed by atoms with Gasteiger partial charge in [-0.05, 0) is 25.2 Å². The van der Waals surface area contributed by atoms with Crippen molar-refractivity contribution in [3.8, 4) is 0 Å². The fraction of sp³-hybridized carbons (Fsp3) is 0.778. The van der Waals surface area contributed by atoms with Gasteiger partial charge < -0.3 is 5.11 Å². The molecule has 0 aromatic heterocycles. The number of aliphatic hydroxyl groups excluding tert-OH is 1. The van der Waals surface area contributed by atoms with Gasteiger partial charge >= 0.3 is 0 Å². The van der Waals surface area contributed by atoms with E-state index in [1.165, 1.54) is 5.54 Å². The van der Waals surface area contributed by atoms with Crippen molar-refractivity contribution in [2.75, 3.05) is 0 Å². The third-order valence-electron chi connectivity index (χ3n) is 1.50. The van der Waals surface area contributed by atoms with Crippen LogP contribution in [0.3, 0.4) is 0 Å². The van der Waals surface area contributed by atoms with Crippen LogP contribution in [0.4, 0.5) is 0 Å². The summed E-state index contributed by atoms with van der Waals surface area (Å²) in [4.78, 5) is 0. The molecule has 0 heterocycles. The minimum atomic E-state index is -0.164. The minimum Gasteiger partial charge on any atom is -0.393 e. The highest BCUT2D eigenvalue weighted by molar-refractivity contribution is 6.25. The van der Waals surface area contributed by atoms with Gasteiger partial charge in [-0.25, -0.2) is 0 Å². The molecule has 0 aliphatic heterocycles. The van der Waals surface area contributed by atoms with Crippen molar-refractivity contribution >= 4 is 11.6 Å². The van der Waals surface area contributed by atoms with Crippen LogP contribution in [0.1, 0.15) is 33.1 Å². The Balaban J connectivity index is 3.29. The SMILES string of the molecule is CC(C)CC(O)CC/C=C/Cl. The van der Waals surface area contributed by atoms with Gasteiger partial charge in [0.1, 0.15) is 0 Å². The van der Waals surface area contributed by atoms with Crippen LogP contribution >= 0.6 is 11.6 Å². The highest BCUT2D eigenvalue weighted by atomic mass is 35.5. The summed E-state index contributed by atoms with van der Waals surface area (Å²) in [6.07, 6.45) is 4.28. The average molecular weight is 177 g/mol. The van der Waals surface area contributed by atoms with E-state index < -0.39 is 0 Å². The van der Waals surface area contributed by atoms with Crippen molar-refractivity contribution in [3.05, 3.63) is 11.6 Å². The lowest BCUT2D eigenvalue weighted by Crippen LogP contribution is -2.09. The molecule has 0 saturated carbocycles. The number of hydrogen-bond acceptors (Lipinski definition) is 1. The molecule has 0 aromatic carbocycles. The molecule has 2 heteroatoms. The van der Waals surface area contributed by atoms with Gasteiger partial charge in [-0.15, -0.1) is 0 Å². The Kier molecular flexibility index (Phi) is 6.68. The first-order valence-electron chi connectivity index (χ1n) is 4.10. The molecule has 0 saturated heterocycles. The average Bonchev–Trinajstić information content (AvgIpc) is 1.86. The number of rotatable bonds is 5. The van der Waals surface area contributed by atoms with Gasteiger partial charge in [0.2, 0.25) is 0 Å². The zero-order valence-electron chi connectivity index (χ0n) is 7.26. The number of hydrogen-bond donors (Lipinski definition) is 1. The van der Waals surface area contributed by atoms with Gasteiger partial charge in [-0.3, -0.25) is 0 Å². The molecule has 0 aromatic rings. The summed E-state index contributed by atoms with van der Waals surface area (Å²) >= 11 is 5.33. The molecule has 1 N–H and O–H groups in total. The molecule has 1 nitrogen and oxygen atoms in total. The van der Waals surface area contributed by atoms with Crippen molar-refractivity contribution in [1.29, 1.82) is 0 Å². The fourth-order valence-electron chi connectivity index (χ4n) is 1.01. The highest BCUT2D eigenvalue weighted by Gasteiger charge is 2.04. The molecule has 0 amide bonds. The molecule has 0 rings (SSSR count). The Bertz CT molecular complexity index is 110. The molecule has 1 atom stereocenters. The van der Waals surface area contributed by atoms with Gasteiger partial charge in [0.15, 0.2) is 0 Å². The first-order chi connectivity index (χ1) is 5.16. The van der Waals surface area contributed by atoms with E-state index in [9.17, 15) is 5.11 Å². The van der Waals surface area contributed by atoms with Crippen molar-refractivity contribution < 1.29 is 5.11 Å². The summed E-state index contributed by atoms with van der Waals surface area (Å²) in [7, 11) is 0. The Morgan fingerprint density at radius 2 is 2.09 bits per heavy atom. The van der Waals surface area contributed by atoms with Crippen molar-refractivity contribution in [2.24, 2.45) is 5.92 Å². The van der Waals surface area contributed by atoms with E-state index in [2.05, 4.69) is 13.8 Å². The Hall–Kier alpha value is -0.0100. The molecule has 0 spiro atoms. The quantitative estimate of drug-likeness (QED) is 0.683. The molecule has 11 heavy (non-hydrogen) atoms. The van der Waals surface area contributed by atoms with Gasteiger partial charge in [-0.2, -0.15) is 0 Å². The highest BCUT2D eigenvalue weighted by Crippen LogP contribution is 2.09. The lowest BCUT2D eigenvalue weighted by Gasteiger charge is -2.10. The summed E-state index contributed by atoms with van der Waals surface area (Å²) in [6.45, 7) is 4.22. The lowest BCUT2D eigenvalue weighted by molar-refractivity contribution is 0.140. The zero-order valence-corrected chi connectivity index (χ0v) is 8.01. The summed E-state index contributed by atoms with van der Waals surface area (Å²) < 4.78 is 0. The maximum absolute atomic E-state index is 9.37. The summed E-state index contributed by atoms with van der Waals surface area (Å²) in [5, 5.41) is 9.37. The Morgan fingerprint density at radius 3 is 2.55 bits per heavy atom. The van der Waals surface area contributed by atoms with Crippen LogP contribution in [-0.2, 0) is 0 Å². The number of aliphatic hydroxyl groups is 1. The van der Waals surface area contributed by atoms with Crippen LogP contribution in [0.15, 0.2) is 11.6 Å². The van der Waals surface area contributed by atoms with E-state index >= 15 is 0 Å². The van der Waals surface area contributed by atoms with Crippen molar-refractivity contribution in [3.63, 3.8) is 0 Å². The van der Waals surface area contributed by atoms with E-state index in [0.717, 1.165) is 19.3 Å². The predicted molar refractivity (Wildman–Crippen MR) is 49.7 cm³/mol. The monoisotopic (exact) mass is 176 g/mol. The van der Waals surface area contributed by atoms with Crippen LogP contribution in [0.5, 0.6) is 0 Å². The second-order valence-electron chi connectivity index (χ2n) is 3.22.